The fourth-order valence-electron chi connectivity index (χ4n) is 2.61. The molecule has 1 amide bonds. The highest BCUT2D eigenvalue weighted by atomic mass is 35.5. The van der Waals surface area contributed by atoms with Crippen LogP contribution in [-0.2, 0) is 9.59 Å². The van der Waals surface area contributed by atoms with Crippen LogP contribution >= 0.6 is 11.6 Å². The molecule has 2 rings (SSSR count). The lowest BCUT2D eigenvalue weighted by atomic mass is 10.1. The molecule has 0 unspecified atom stereocenters. The summed E-state index contributed by atoms with van der Waals surface area (Å²) >= 11 is 5.93. The number of piperazine rings is 1. The molecule has 1 aliphatic heterocycles. The van der Waals surface area contributed by atoms with Crippen molar-refractivity contribution < 1.29 is 14.7 Å². The molecule has 1 fully saturated rings. The van der Waals surface area contributed by atoms with Crippen molar-refractivity contribution in [3.63, 3.8) is 0 Å². The number of hydrogen-bond acceptors (Lipinski definition) is 4. The molecule has 0 spiro atoms. The highest BCUT2D eigenvalue weighted by Crippen LogP contribution is 2.21. The fraction of sp³-hybridized carbons (Fsp3) is 0.500. The first kappa shape index (κ1) is 17.7. The molecule has 126 valence electrons. The van der Waals surface area contributed by atoms with Gasteiger partial charge in [0, 0.05) is 36.9 Å². The molecule has 1 atom stereocenters. The van der Waals surface area contributed by atoms with Gasteiger partial charge in [0.2, 0.25) is 5.91 Å². The first-order valence-corrected chi connectivity index (χ1v) is 7.96. The molecule has 0 radical (unpaired) electrons. The second kappa shape index (κ2) is 7.77. The fourth-order valence-corrected chi connectivity index (χ4v) is 2.78. The summed E-state index contributed by atoms with van der Waals surface area (Å²) in [5.74, 6) is -1.28. The van der Waals surface area contributed by atoms with Crippen molar-refractivity contribution in [1.82, 2.24) is 9.80 Å². The number of carbonyl (C=O) groups is 2. The Bertz CT molecular complexity index is 586. The van der Waals surface area contributed by atoms with Gasteiger partial charge in [-0.25, -0.2) is 0 Å². The Hall–Kier alpha value is -1.63. The number of carboxylic acids is 1. The number of amides is 1. The molecular formula is C16H22ClN3O3. The average molecular weight is 340 g/mol. The number of likely N-dealkylation sites (N-methyl/N-ethyl adjacent to an activating group) is 1. The number of aryl methyl sites for hydroxylation is 1. The summed E-state index contributed by atoms with van der Waals surface area (Å²) in [5.41, 5.74) is 1.50. The summed E-state index contributed by atoms with van der Waals surface area (Å²) in [6.45, 7) is 4.77. The molecule has 0 bridgehead atoms. The lowest BCUT2D eigenvalue weighted by Crippen LogP contribution is -2.52. The van der Waals surface area contributed by atoms with Crippen LogP contribution in [0.3, 0.4) is 0 Å². The van der Waals surface area contributed by atoms with E-state index in [2.05, 4.69) is 10.2 Å². The molecular weight excluding hydrogens is 318 g/mol. The van der Waals surface area contributed by atoms with Gasteiger partial charge in [-0.15, -0.1) is 0 Å². The van der Waals surface area contributed by atoms with E-state index >= 15 is 0 Å². The van der Waals surface area contributed by atoms with Gasteiger partial charge >= 0.3 is 5.97 Å². The van der Waals surface area contributed by atoms with Crippen LogP contribution in [0, 0.1) is 6.92 Å². The summed E-state index contributed by atoms with van der Waals surface area (Å²) in [4.78, 5) is 27.8. The van der Waals surface area contributed by atoms with Crippen LogP contribution in [0.1, 0.15) is 12.0 Å². The largest absolute Gasteiger partial charge is 0.480 e. The van der Waals surface area contributed by atoms with Gasteiger partial charge in [0.05, 0.1) is 6.42 Å². The number of anilines is 1. The summed E-state index contributed by atoms with van der Waals surface area (Å²) in [7, 11) is 2.00. The highest BCUT2D eigenvalue weighted by Gasteiger charge is 2.30. The first-order valence-electron chi connectivity index (χ1n) is 7.58. The number of nitrogens with zero attached hydrogens (tertiary/aromatic N) is 2. The van der Waals surface area contributed by atoms with Gasteiger partial charge in [-0.2, -0.15) is 0 Å². The lowest BCUT2D eigenvalue weighted by Gasteiger charge is -2.35. The number of hydrogen-bond donors (Lipinski definition) is 2. The predicted molar refractivity (Wildman–Crippen MR) is 89.9 cm³/mol. The number of halogens is 1. The van der Waals surface area contributed by atoms with Gasteiger partial charge in [0.15, 0.2) is 0 Å². The highest BCUT2D eigenvalue weighted by molar-refractivity contribution is 6.31. The molecule has 0 aromatic heterocycles. The van der Waals surface area contributed by atoms with Gasteiger partial charge in [-0.05, 0) is 31.7 Å². The monoisotopic (exact) mass is 339 g/mol. The average Bonchev–Trinajstić information content (AvgIpc) is 2.49. The van der Waals surface area contributed by atoms with Crippen LogP contribution in [0.15, 0.2) is 18.2 Å². The van der Waals surface area contributed by atoms with Gasteiger partial charge in [-0.1, -0.05) is 17.7 Å². The third-order valence-corrected chi connectivity index (χ3v) is 4.35. The molecule has 1 aromatic carbocycles. The van der Waals surface area contributed by atoms with Gasteiger partial charge in [0.1, 0.15) is 6.04 Å². The zero-order valence-electron chi connectivity index (χ0n) is 13.4. The van der Waals surface area contributed by atoms with Gasteiger partial charge < -0.3 is 15.3 Å². The summed E-state index contributed by atoms with van der Waals surface area (Å²) in [5, 5.41) is 12.7. The second-order valence-electron chi connectivity index (χ2n) is 5.90. The van der Waals surface area contributed by atoms with Crippen molar-refractivity contribution >= 4 is 29.2 Å². The molecule has 23 heavy (non-hydrogen) atoms. The van der Waals surface area contributed by atoms with Crippen LogP contribution < -0.4 is 5.32 Å². The molecule has 1 heterocycles. The number of carboxylic acid groups (broad SMARTS) is 1. The number of rotatable bonds is 5. The zero-order valence-corrected chi connectivity index (χ0v) is 14.1. The van der Waals surface area contributed by atoms with E-state index < -0.39 is 12.0 Å². The van der Waals surface area contributed by atoms with Crippen LogP contribution in [-0.4, -0.2) is 66.1 Å². The number of carbonyl (C=O) groups excluding carboxylic acids is 1. The van der Waals surface area contributed by atoms with E-state index in [4.69, 9.17) is 11.6 Å². The van der Waals surface area contributed by atoms with E-state index in [0.29, 0.717) is 23.8 Å². The van der Waals surface area contributed by atoms with E-state index in [1.807, 2.05) is 24.9 Å². The van der Waals surface area contributed by atoms with Gasteiger partial charge in [0.25, 0.3) is 0 Å². The van der Waals surface area contributed by atoms with Crippen molar-refractivity contribution in [2.45, 2.75) is 19.4 Å². The minimum absolute atomic E-state index is 0.0784. The van der Waals surface area contributed by atoms with Crippen LogP contribution in [0.2, 0.25) is 5.02 Å². The Morgan fingerprint density at radius 1 is 1.30 bits per heavy atom. The second-order valence-corrected chi connectivity index (χ2v) is 6.34. The normalized spacial score (nSPS) is 17.7. The smallest absolute Gasteiger partial charge is 0.321 e. The van der Waals surface area contributed by atoms with E-state index in [1.54, 1.807) is 12.1 Å². The topological polar surface area (TPSA) is 72.9 Å². The van der Waals surface area contributed by atoms with Crippen molar-refractivity contribution in [1.29, 1.82) is 0 Å². The standard InChI is InChI=1S/C16H22ClN3O3/c1-11-3-4-12(17)9-13(11)18-15(21)10-14(16(22)23)20-7-5-19(2)6-8-20/h3-4,9,14H,5-8,10H2,1-2H3,(H,18,21)(H,22,23)/t14-/m0/s1. The summed E-state index contributed by atoms with van der Waals surface area (Å²) < 4.78 is 0. The van der Waals surface area contributed by atoms with E-state index in [9.17, 15) is 14.7 Å². The number of aliphatic carboxylic acids is 1. The SMILES string of the molecule is Cc1ccc(Cl)cc1NC(=O)C[C@@H](C(=O)O)N1CCN(C)CC1. The molecule has 1 aromatic rings. The zero-order chi connectivity index (χ0) is 17.0. The molecule has 1 saturated heterocycles. The summed E-state index contributed by atoms with van der Waals surface area (Å²) in [6.07, 6.45) is -0.0784. The maximum absolute atomic E-state index is 12.2. The number of benzene rings is 1. The van der Waals surface area contributed by atoms with Crippen LogP contribution in [0.4, 0.5) is 5.69 Å². The van der Waals surface area contributed by atoms with Crippen molar-refractivity contribution in [2.24, 2.45) is 0 Å². The third kappa shape index (κ3) is 4.92. The minimum Gasteiger partial charge on any atom is -0.480 e. The van der Waals surface area contributed by atoms with E-state index in [0.717, 1.165) is 18.7 Å². The quantitative estimate of drug-likeness (QED) is 0.854. The predicted octanol–water partition coefficient (Wildman–Crippen LogP) is 1.68. The number of nitrogens with one attached hydrogen (secondary N) is 1. The molecule has 2 N–H and O–H groups in total. The molecule has 7 heteroatoms. The third-order valence-electron chi connectivity index (χ3n) is 4.12. The van der Waals surface area contributed by atoms with Crippen molar-refractivity contribution in [3.8, 4) is 0 Å². The van der Waals surface area contributed by atoms with Crippen LogP contribution in [0.5, 0.6) is 0 Å². The Morgan fingerprint density at radius 3 is 2.57 bits per heavy atom. The first-order chi connectivity index (χ1) is 10.9. The molecule has 0 saturated carbocycles. The van der Waals surface area contributed by atoms with E-state index in [1.165, 1.54) is 0 Å². The lowest BCUT2D eigenvalue weighted by molar-refractivity contribution is -0.145. The van der Waals surface area contributed by atoms with Crippen LogP contribution in [0.25, 0.3) is 0 Å². The Labute approximate surface area is 141 Å². The molecule has 6 nitrogen and oxygen atoms in total. The van der Waals surface area contributed by atoms with Crippen molar-refractivity contribution in [3.05, 3.63) is 28.8 Å². The van der Waals surface area contributed by atoms with Crippen molar-refractivity contribution in [2.75, 3.05) is 38.5 Å². The maximum atomic E-state index is 12.2. The maximum Gasteiger partial charge on any atom is 0.321 e. The van der Waals surface area contributed by atoms with E-state index in [-0.39, 0.29) is 12.3 Å². The Kier molecular flexibility index (Phi) is 5.98. The Morgan fingerprint density at radius 2 is 1.96 bits per heavy atom. The molecule has 1 aliphatic rings. The Balaban J connectivity index is 2.00. The van der Waals surface area contributed by atoms with Gasteiger partial charge in [-0.3, -0.25) is 14.5 Å². The molecule has 0 aliphatic carbocycles. The minimum atomic E-state index is -0.965. The summed E-state index contributed by atoms with van der Waals surface area (Å²) in [6, 6.07) is 4.42.